The number of rotatable bonds is 4. The highest BCUT2D eigenvalue weighted by Gasteiger charge is 1.89. The minimum Gasteiger partial charge on any atom is -0.466 e. The van der Waals surface area contributed by atoms with Crippen LogP contribution in [0.4, 0.5) is 0 Å². The van der Waals surface area contributed by atoms with Gasteiger partial charge in [0, 0.05) is 6.92 Å². The van der Waals surface area contributed by atoms with E-state index in [1.54, 1.807) is 6.92 Å². The summed E-state index contributed by atoms with van der Waals surface area (Å²) in [5.41, 5.74) is 0. The monoisotopic (exact) mass is 267 g/mol. The molecule has 0 bridgehead atoms. The molecule has 0 fully saturated rings. The molecular formula is C16H29NO2. The lowest BCUT2D eigenvalue weighted by Gasteiger charge is -2.13. The van der Waals surface area contributed by atoms with Crippen LogP contribution in [0.25, 0.3) is 0 Å². The molecule has 0 saturated heterocycles. The minimum absolute atomic E-state index is 0.211. The highest BCUT2D eigenvalue weighted by molar-refractivity contribution is 5.65. The summed E-state index contributed by atoms with van der Waals surface area (Å²) < 4.78 is 4.40. The Balaban J connectivity index is 0. The van der Waals surface area contributed by atoms with E-state index in [1.807, 2.05) is 36.4 Å². The largest absolute Gasteiger partial charge is 0.466 e. The third-order valence-corrected chi connectivity index (χ3v) is 2.36. The number of hydrogen-bond acceptors (Lipinski definition) is 3. The Morgan fingerprint density at radius 3 is 1.21 bits per heavy atom. The summed E-state index contributed by atoms with van der Waals surface area (Å²) in [4.78, 5) is 12.2. The van der Waals surface area contributed by atoms with E-state index < -0.39 is 0 Å². The predicted molar refractivity (Wildman–Crippen MR) is 82.2 cm³/mol. The normalized spacial score (nSPS) is 8.74. The average molecular weight is 267 g/mol. The van der Waals surface area contributed by atoms with E-state index in [9.17, 15) is 4.79 Å². The first-order valence-electron chi connectivity index (χ1n) is 6.97. The van der Waals surface area contributed by atoms with Crippen molar-refractivity contribution in [1.29, 1.82) is 0 Å². The summed E-state index contributed by atoms with van der Waals surface area (Å²) in [5.74, 6) is -0.211. The molecule has 1 rings (SSSR count). The van der Waals surface area contributed by atoms with Gasteiger partial charge in [-0.15, -0.1) is 0 Å². The van der Waals surface area contributed by atoms with Gasteiger partial charge in [0.25, 0.3) is 0 Å². The zero-order valence-corrected chi connectivity index (χ0v) is 13.1. The molecule has 0 spiro atoms. The van der Waals surface area contributed by atoms with E-state index in [-0.39, 0.29) is 5.97 Å². The van der Waals surface area contributed by atoms with E-state index in [2.05, 4.69) is 30.4 Å². The molecule has 0 heterocycles. The van der Waals surface area contributed by atoms with Gasteiger partial charge >= 0.3 is 5.97 Å². The molecule has 0 saturated carbocycles. The fraction of sp³-hybridized carbons (Fsp3) is 0.562. The molecule has 0 aliphatic heterocycles. The van der Waals surface area contributed by atoms with Crippen molar-refractivity contribution in [3.8, 4) is 0 Å². The Kier molecular flexibility index (Phi) is 17.5. The number of hydrogen-bond donors (Lipinski definition) is 0. The third-order valence-electron chi connectivity index (χ3n) is 2.36. The summed E-state index contributed by atoms with van der Waals surface area (Å²) in [5, 5.41) is 0. The van der Waals surface area contributed by atoms with Gasteiger partial charge in [0.05, 0.1) is 6.61 Å². The Morgan fingerprint density at radius 2 is 1.16 bits per heavy atom. The number of esters is 1. The molecule has 19 heavy (non-hydrogen) atoms. The maximum absolute atomic E-state index is 9.82. The maximum Gasteiger partial charge on any atom is 0.302 e. The van der Waals surface area contributed by atoms with Crippen molar-refractivity contribution in [2.75, 3.05) is 26.2 Å². The van der Waals surface area contributed by atoms with E-state index >= 15 is 0 Å². The van der Waals surface area contributed by atoms with Crippen LogP contribution in [-0.4, -0.2) is 37.1 Å². The summed E-state index contributed by atoms with van der Waals surface area (Å²) in [6, 6.07) is 12.0. The molecule has 0 N–H and O–H groups in total. The standard InChI is InChI=1S/C6H15N.C6H6.C4H8O2/c1-4-7(5-2)6-3;1-2-4-6-5-3-1;1-3-6-4(2)5/h4-6H2,1-3H3;1-6H;3H2,1-2H3. The van der Waals surface area contributed by atoms with Gasteiger partial charge in [0.15, 0.2) is 0 Å². The van der Waals surface area contributed by atoms with Gasteiger partial charge in [-0.1, -0.05) is 57.2 Å². The van der Waals surface area contributed by atoms with Crippen molar-refractivity contribution in [2.24, 2.45) is 0 Å². The van der Waals surface area contributed by atoms with Crippen molar-refractivity contribution >= 4 is 5.97 Å². The molecule has 1 aromatic rings. The summed E-state index contributed by atoms with van der Waals surface area (Å²) in [6.07, 6.45) is 0. The lowest BCUT2D eigenvalue weighted by molar-refractivity contribution is -0.140. The van der Waals surface area contributed by atoms with Gasteiger partial charge in [0.2, 0.25) is 0 Å². The number of carbonyl (C=O) groups excluding carboxylic acids is 1. The molecule has 110 valence electrons. The van der Waals surface area contributed by atoms with E-state index in [4.69, 9.17) is 0 Å². The molecule has 0 radical (unpaired) electrons. The van der Waals surface area contributed by atoms with Crippen LogP contribution in [-0.2, 0) is 9.53 Å². The molecular weight excluding hydrogens is 238 g/mol. The second kappa shape index (κ2) is 16.6. The number of carbonyl (C=O) groups is 1. The van der Waals surface area contributed by atoms with Crippen LogP contribution in [0.2, 0.25) is 0 Å². The summed E-state index contributed by atoms with van der Waals surface area (Å²) in [6.45, 7) is 13.8. The van der Waals surface area contributed by atoms with Crippen LogP contribution in [0, 0.1) is 0 Å². The molecule has 1 aromatic carbocycles. The molecule has 0 amide bonds. The van der Waals surface area contributed by atoms with Gasteiger partial charge in [-0.25, -0.2) is 0 Å². The molecule has 0 aliphatic rings. The first-order chi connectivity index (χ1) is 9.12. The van der Waals surface area contributed by atoms with Crippen molar-refractivity contribution in [1.82, 2.24) is 4.90 Å². The van der Waals surface area contributed by atoms with Crippen LogP contribution in [0.15, 0.2) is 36.4 Å². The van der Waals surface area contributed by atoms with Crippen LogP contribution in [0.1, 0.15) is 34.6 Å². The number of benzene rings is 1. The Morgan fingerprint density at radius 1 is 0.842 bits per heavy atom. The van der Waals surface area contributed by atoms with Gasteiger partial charge in [0.1, 0.15) is 0 Å². The fourth-order valence-electron chi connectivity index (χ4n) is 1.26. The van der Waals surface area contributed by atoms with Gasteiger partial charge in [-0.3, -0.25) is 4.79 Å². The molecule has 0 aliphatic carbocycles. The minimum atomic E-state index is -0.211. The molecule has 3 nitrogen and oxygen atoms in total. The van der Waals surface area contributed by atoms with Crippen LogP contribution < -0.4 is 0 Å². The van der Waals surface area contributed by atoms with Gasteiger partial charge < -0.3 is 9.64 Å². The van der Waals surface area contributed by atoms with E-state index in [0.29, 0.717) is 6.61 Å². The Hall–Kier alpha value is -1.35. The Labute approximate surface area is 118 Å². The predicted octanol–water partition coefficient (Wildman–Crippen LogP) is 3.60. The van der Waals surface area contributed by atoms with Crippen LogP contribution in [0.5, 0.6) is 0 Å². The Bertz CT molecular complexity index is 239. The topological polar surface area (TPSA) is 29.5 Å². The third kappa shape index (κ3) is 19.2. The molecule has 0 atom stereocenters. The van der Waals surface area contributed by atoms with Crippen LogP contribution in [0.3, 0.4) is 0 Å². The second-order valence-electron chi connectivity index (χ2n) is 3.70. The first-order valence-corrected chi connectivity index (χ1v) is 6.97. The zero-order valence-electron chi connectivity index (χ0n) is 13.1. The van der Waals surface area contributed by atoms with Crippen LogP contribution >= 0.6 is 0 Å². The summed E-state index contributed by atoms with van der Waals surface area (Å²) in [7, 11) is 0. The number of ether oxygens (including phenoxy) is 1. The van der Waals surface area contributed by atoms with Gasteiger partial charge in [-0.05, 0) is 26.6 Å². The van der Waals surface area contributed by atoms with Crippen molar-refractivity contribution in [2.45, 2.75) is 34.6 Å². The number of nitrogens with zero attached hydrogens (tertiary/aromatic N) is 1. The average Bonchev–Trinajstić information content (AvgIpc) is 2.44. The van der Waals surface area contributed by atoms with Crippen molar-refractivity contribution in [3.63, 3.8) is 0 Å². The van der Waals surface area contributed by atoms with E-state index in [1.165, 1.54) is 26.6 Å². The van der Waals surface area contributed by atoms with E-state index in [0.717, 1.165) is 0 Å². The highest BCUT2D eigenvalue weighted by atomic mass is 16.5. The highest BCUT2D eigenvalue weighted by Crippen LogP contribution is 1.81. The smallest absolute Gasteiger partial charge is 0.302 e. The molecule has 0 unspecified atom stereocenters. The summed E-state index contributed by atoms with van der Waals surface area (Å²) >= 11 is 0. The quantitative estimate of drug-likeness (QED) is 0.781. The van der Waals surface area contributed by atoms with Crippen molar-refractivity contribution in [3.05, 3.63) is 36.4 Å². The fourth-order valence-corrected chi connectivity index (χ4v) is 1.26. The first kappa shape index (κ1) is 20.0. The molecule has 3 heteroatoms. The maximum atomic E-state index is 9.82. The lowest BCUT2D eigenvalue weighted by Crippen LogP contribution is -2.21. The lowest BCUT2D eigenvalue weighted by atomic mass is 10.4. The van der Waals surface area contributed by atoms with Gasteiger partial charge in [-0.2, -0.15) is 0 Å². The molecule has 0 aromatic heterocycles. The van der Waals surface area contributed by atoms with Crippen molar-refractivity contribution < 1.29 is 9.53 Å². The second-order valence-corrected chi connectivity index (χ2v) is 3.70. The SMILES string of the molecule is CCN(CC)CC.CCOC(C)=O.c1ccccc1. The zero-order chi connectivity index (χ0) is 14.9.